The van der Waals surface area contributed by atoms with E-state index in [-0.39, 0.29) is 5.91 Å². The molecule has 2 rings (SSSR count). The summed E-state index contributed by atoms with van der Waals surface area (Å²) in [6, 6.07) is 9.50. The third kappa shape index (κ3) is 4.16. The minimum Gasteiger partial charge on any atom is -0.325 e. The van der Waals surface area contributed by atoms with Crippen LogP contribution in [0.1, 0.15) is 10.7 Å². The molecule has 0 aliphatic heterocycles. The SMILES string of the molecule is Cc1nc(CSCC(=O)Nc2ccccc2)cs1. The lowest BCUT2D eigenvalue weighted by molar-refractivity contribution is -0.113. The van der Waals surface area contributed by atoms with Gasteiger partial charge in [-0.3, -0.25) is 4.79 Å². The highest BCUT2D eigenvalue weighted by Gasteiger charge is 2.04. The van der Waals surface area contributed by atoms with Gasteiger partial charge in [0.2, 0.25) is 5.91 Å². The van der Waals surface area contributed by atoms with Crippen LogP contribution in [0.4, 0.5) is 5.69 Å². The topological polar surface area (TPSA) is 42.0 Å². The number of aryl methyl sites for hydroxylation is 1. The van der Waals surface area contributed by atoms with Crippen LogP contribution >= 0.6 is 23.1 Å². The second kappa shape index (κ2) is 6.56. The number of thioether (sulfide) groups is 1. The monoisotopic (exact) mass is 278 g/mol. The van der Waals surface area contributed by atoms with Crippen molar-refractivity contribution in [2.24, 2.45) is 0 Å². The van der Waals surface area contributed by atoms with Crippen molar-refractivity contribution in [3.63, 3.8) is 0 Å². The summed E-state index contributed by atoms with van der Waals surface area (Å²) in [4.78, 5) is 16.0. The average molecular weight is 278 g/mol. The fraction of sp³-hybridized carbons (Fsp3) is 0.231. The Morgan fingerprint density at radius 3 is 2.83 bits per heavy atom. The molecule has 0 saturated carbocycles. The molecule has 1 N–H and O–H groups in total. The van der Waals surface area contributed by atoms with Gasteiger partial charge in [0, 0.05) is 16.8 Å². The predicted octanol–water partition coefficient (Wildman–Crippen LogP) is 3.32. The quantitative estimate of drug-likeness (QED) is 0.912. The predicted molar refractivity (Wildman–Crippen MR) is 78.1 cm³/mol. The molecule has 0 saturated heterocycles. The lowest BCUT2D eigenvalue weighted by Crippen LogP contribution is -2.13. The maximum atomic E-state index is 11.7. The van der Waals surface area contributed by atoms with Crippen LogP contribution in [0.3, 0.4) is 0 Å². The molecule has 0 fully saturated rings. The van der Waals surface area contributed by atoms with E-state index < -0.39 is 0 Å². The molecule has 1 heterocycles. The summed E-state index contributed by atoms with van der Waals surface area (Å²) in [6.45, 7) is 1.99. The van der Waals surface area contributed by atoms with Crippen molar-refractivity contribution >= 4 is 34.7 Å². The van der Waals surface area contributed by atoms with Crippen LogP contribution in [0.2, 0.25) is 0 Å². The number of thiazole rings is 1. The lowest BCUT2D eigenvalue weighted by Gasteiger charge is -2.03. The zero-order chi connectivity index (χ0) is 12.8. The summed E-state index contributed by atoms with van der Waals surface area (Å²) in [5, 5.41) is 5.96. The molecule has 3 nitrogen and oxygen atoms in total. The molecule has 94 valence electrons. The number of nitrogens with zero attached hydrogens (tertiary/aromatic N) is 1. The average Bonchev–Trinajstić information content (AvgIpc) is 2.76. The summed E-state index contributed by atoms with van der Waals surface area (Å²) < 4.78 is 0. The zero-order valence-electron chi connectivity index (χ0n) is 10.1. The van der Waals surface area contributed by atoms with E-state index in [1.165, 1.54) is 0 Å². The van der Waals surface area contributed by atoms with Crippen LogP contribution in [-0.2, 0) is 10.5 Å². The number of carbonyl (C=O) groups is 1. The van der Waals surface area contributed by atoms with Crippen molar-refractivity contribution in [3.8, 4) is 0 Å². The van der Waals surface area contributed by atoms with Gasteiger partial charge in [0.25, 0.3) is 0 Å². The third-order valence-electron chi connectivity index (χ3n) is 2.21. The van der Waals surface area contributed by atoms with E-state index in [2.05, 4.69) is 10.3 Å². The van der Waals surface area contributed by atoms with E-state index in [1.54, 1.807) is 23.1 Å². The second-order valence-corrected chi connectivity index (χ2v) is 5.81. The maximum Gasteiger partial charge on any atom is 0.234 e. The number of hydrogen-bond acceptors (Lipinski definition) is 4. The normalized spacial score (nSPS) is 10.3. The van der Waals surface area contributed by atoms with E-state index in [0.717, 1.165) is 22.1 Å². The van der Waals surface area contributed by atoms with E-state index in [4.69, 9.17) is 0 Å². The number of nitrogens with one attached hydrogen (secondary N) is 1. The molecular weight excluding hydrogens is 264 g/mol. The molecule has 1 amide bonds. The molecule has 0 atom stereocenters. The van der Waals surface area contributed by atoms with Crippen LogP contribution in [-0.4, -0.2) is 16.6 Å². The van der Waals surface area contributed by atoms with E-state index in [9.17, 15) is 4.79 Å². The first kappa shape index (κ1) is 13.1. The Balaban J connectivity index is 1.72. The summed E-state index contributed by atoms with van der Waals surface area (Å²) in [7, 11) is 0. The Hall–Kier alpha value is -1.33. The van der Waals surface area contributed by atoms with E-state index >= 15 is 0 Å². The first-order valence-electron chi connectivity index (χ1n) is 5.57. The minimum absolute atomic E-state index is 0.0261. The Kier molecular flexibility index (Phi) is 4.78. The number of anilines is 1. The van der Waals surface area contributed by atoms with Crippen molar-refractivity contribution in [1.29, 1.82) is 0 Å². The van der Waals surface area contributed by atoms with Crippen molar-refractivity contribution in [1.82, 2.24) is 4.98 Å². The number of carbonyl (C=O) groups excluding carboxylic acids is 1. The maximum absolute atomic E-state index is 11.7. The van der Waals surface area contributed by atoms with Crippen LogP contribution in [0.25, 0.3) is 0 Å². The van der Waals surface area contributed by atoms with Crippen molar-refractivity contribution in [3.05, 3.63) is 46.4 Å². The highest BCUT2D eigenvalue weighted by atomic mass is 32.2. The highest BCUT2D eigenvalue weighted by molar-refractivity contribution is 7.99. The molecular formula is C13H14N2OS2. The molecule has 0 aliphatic carbocycles. The van der Waals surface area contributed by atoms with Gasteiger partial charge in [-0.25, -0.2) is 4.98 Å². The molecule has 0 aliphatic rings. The minimum atomic E-state index is 0.0261. The molecule has 0 radical (unpaired) electrons. The lowest BCUT2D eigenvalue weighted by atomic mass is 10.3. The number of amides is 1. The number of rotatable bonds is 5. The molecule has 0 unspecified atom stereocenters. The van der Waals surface area contributed by atoms with Crippen molar-refractivity contribution in [2.75, 3.05) is 11.1 Å². The molecule has 0 spiro atoms. The van der Waals surface area contributed by atoms with Crippen LogP contribution in [0.15, 0.2) is 35.7 Å². The number of benzene rings is 1. The molecule has 18 heavy (non-hydrogen) atoms. The summed E-state index contributed by atoms with van der Waals surface area (Å²) in [5.74, 6) is 1.26. The Morgan fingerprint density at radius 2 is 2.17 bits per heavy atom. The number of para-hydroxylation sites is 1. The highest BCUT2D eigenvalue weighted by Crippen LogP contribution is 2.15. The van der Waals surface area contributed by atoms with Gasteiger partial charge in [-0.15, -0.1) is 23.1 Å². The van der Waals surface area contributed by atoms with Gasteiger partial charge in [-0.05, 0) is 19.1 Å². The Morgan fingerprint density at radius 1 is 1.39 bits per heavy atom. The van der Waals surface area contributed by atoms with Crippen LogP contribution in [0, 0.1) is 6.92 Å². The van der Waals surface area contributed by atoms with Gasteiger partial charge in [0.1, 0.15) is 0 Å². The molecule has 1 aromatic carbocycles. The van der Waals surface area contributed by atoms with E-state index in [0.29, 0.717) is 5.75 Å². The summed E-state index contributed by atoms with van der Waals surface area (Å²) >= 11 is 3.22. The Labute approximate surface area is 115 Å². The molecule has 5 heteroatoms. The van der Waals surface area contributed by atoms with Gasteiger partial charge in [0.15, 0.2) is 0 Å². The number of hydrogen-bond donors (Lipinski definition) is 1. The first-order valence-corrected chi connectivity index (χ1v) is 7.61. The summed E-state index contributed by atoms with van der Waals surface area (Å²) in [5.41, 5.74) is 1.89. The molecule has 0 bridgehead atoms. The van der Waals surface area contributed by atoms with E-state index in [1.807, 2.05) is 42.6 Å². The van der Waals surface area contributed by atoms with Gasteiger partial charge in [0.05, 0.1) is 16.5 Å². The third-order valence-corrected chi connectivity index (χ3v) is 4.00. The largest absolute Gasteiger partial charge is 0.325 e. The number of aromatic nitrogens is 1. The fourth-order valence-electron chi connectivity index (χ4n) is 1.44. The second-order valence-electron chi connectivity index (χ2n) is 3.76. The standard InChI is InChI=1S/C13H14N2OS2/c1-10-14-12(8-18-10)7-17-9-13(16)15-11-5-3-2-4-6-11/h2-6,8H,7,9H2,1H3,(H,15,16). The first-order chi connectivity index (χ1) is 8.74. The molecule has 1 aromatic heterocycles. The van der Waals surface area contributed by atoms with Gasteiger partial charge in [-0.2, -0.15) is 0 Å². The smallest absolute Gasteiger partial charge is 0.234 e. The van der Waals surface area contributed by atoms with Crippen molar-refractivity contribution < 1.29 is 4.79 Å². The van der Waals surface area contributed by atoms with Gasteiger partial charge < -0.3 is 5.32 Å². The van der Waals surface area contributed by atoms with Crippen LogP contribution in [0.5, 0.6) is 0 Å². The summed E-state index contributed by atoms with van der Waals surface area (Å²) in [6.07, 6.45) is 0. The van der Waals surface area contributed by atoms with Gasteiger partial charge in [-0.1, -0.05) is 18.2 Å². The van der Waals surface area contributed by atoms with Crippen LogP contribution < -0.4 is 5.32 Å². The zero-order valence-corrected chi connectivity index (χ0v) is 11.7. The Bertz CT molecular complexity index is 511. The molecule has 2 aromatic rings. The van der Waals surface area contributed by atoms with Gasteiger partial charge >= 0.3 is 0 Å². The fourth-order valence-corrected chi connectivity index (χ4v) is 2.88. The van der Waals surface area contributed by atoms with Crippen molar-refractivity contribution in [2.45, 2.75) is 12.7 Å².